The molecule has 8 nitrogen and oxygen atoms in total. The molecule has 0 saturated heterocycles. The van der Waals surface area contributed by atoms with Gasteiger partial charge in [0.25, 0.3) is 0 Å². The van der Waals surface area contributed by atoms with Crippen molar-refractivity contribution < 1.29 is 4.74 Å². The number of fused-ring (bicyclic) bond motifs is 1. The molecular formula is C25H21N7O. The third-order valence-corrected chi connectivity index (χ3v) is 5.75. The first-order valence-electron chi connectivity index (χ1n) is 10.6. The van der Waals surface area contributed by atoms with Crippen LogP contribution in [0.2, 0.25) is 0 Å². The average molecular weight is 435 g/mol. The van der Waals surface area contributed by atoms with Gasteiger partial charge in [-0.1, -0.05) is 30.3 Å². The summed E-state index contributed by atoms with van der Waals surface area (Å²) < 4.78 is 6.26. The number of aliphatic imine (C=N–C) groups is 1. The van der Waals surface area contributed by atoms with Gasteiger partial charge in [0, 0.05) is 17.3 Å². The van der Waals surface area contributed by atoms with E-state index in [2.05, 4.69) is 52.1 Å². The highest BCUT2D eigenvalue weighted by Crippen LogP contribution is 2.43. The molecule has 6 rings (SSSR count). The van der Waals surface area contributed by atoms with Crippen LogP contribution in [0.4, 0.5) is 28.8 Å². The van der Waals surface area contributed by atoms with Gasteiger partial charge in [0.15, 0.2) is 11.6 Å². The number of ether oxygens (including phenoxy) is 1. The van der Waals surface area contributed by atoms with Gasteiger partial charge in [-0.15, -0.1) is 0 Å². The zero-order valence-corrected chi connectivity index (χ0v) is 18.1. The first-order chi connectivity index (χ1) is 16.0. The van der Waals surface area contributed by atoms with Crippen molar-refractivity contribution in [1.29, 1.82) is 0 Å². The number of nitrogens with zero attached hydrogens (tertiary/aromatic N) is 3. The number of para-hydroxylation sites is 3. The van der Waals surface area contributed by atoms with E-state index in [0.29, 0.717) is 23.0 Å². The molecule has 0 atom stereocenters. The van der Waals surface area contributed by atoms with Crippen molar-refractivity contribution in [2.24, 2.45) is 4.99 Å². The summed E-state index contributed by atoms with van der Waals surface area (Å²) in [5.74, 6) is 2.91. The molecule has 2 aliphatic rings. The minimum absolute atomic E-state index is 0.187. The second-order valence-corrected chi connectivity index (χ2v) is 8.07. The van der Waals surface area contributed by atoms with E-state index in [0.717, 1.165) is 45.2 Å². The van der Waals surface area contributed by atoms with Crippen molar-refractivity contribution in [1.82, 2.24) is 15.4 Å². The van der Waals surface area contributed by atoms with Crippen molar-refractivity contribution in [3.63, 3.8) is 0 Å². The van der Waals surface area contributed by atoms with Crippen molar-refractivity contribution in [2.45, 2.75) is 13.8 Å². The highest BCUT2D eigenvalue weighted by molar-refractivity contribution is 6.12. The predicted octanol–water partition coefficient (Wildman–Crippen LogP) is 5.20. The largest absolute Gasteiger partial charge is 0.454 e. The molecule has 2 aliphatic heterocycles. The Bertz CT molecular complexity index is 1440. The van der Waals surface area contributed by atoms with E-state index in [9.17, 15) is 0 Å². The van der Waals surface area contributed by atoms with Gasteiger partial charge in [0.05, 0.1) is 16.9 Å². The lowest BCUT2D eigenvalue weighted by Gasteiger charge is -2.14. The minimum atomic E-state index is 0.187. The van der Waals surface area contributed by atoms with Crippen LogP contribution in [-0.4, -0.2) is 15.8 Å². The third-order valence-electron chi connectivity index (χ3n) is 5.75. The maximum Gasteiger partial charge on any atom is 0.222 e. The topological polar surface area (TPSA) is 109 Å². The number of hydrazine groups is 1. The van der Waals surface area contributed by atoms with Crippen molar-refractivity contribution in [3.05, 3.63) is 77.4 Å². The summed E-state index contributed by atoms with van der Waals surface area (Å²) in [7, 11) is 0. The maximum atomic E-state index is 6.26. The van der Waals surface area contributed by atoms with Gasteiger partial charge in [-0.2, -0.15) is 4.98 Å². The number of hydrogen-bond acceptors (Lipinski definition) is 8. The Morgan fingerprint density at radius 2 is 1.70 bits per heavy atom. The molecule has 5 N–H and O–H groups in total. The van der Waals surface area contributed by atoms with E-state index < -0.39 is 0 Å². The molecule has 3 heterocycles. The molecule has 0 bridgehead atoms. The zero-order chi connectivity index (χ0) is 22.5. The summed E-state index contributed by atoms with van der Waals surface area (Å²) >= 11 is 0. The van der Waals surface area contributed by atoms with Crippen LogP contribution < -0.4 is 26.6 Å². The fraction of sp³-hybridized carbons (Fsp3) is 0.0800. The summed E-state index contributed by atoms with van der Waals surface area (Å²) in [4.78, 5) is 13.6. The van der Waals surface area contributed by atoms with Gasteiger partial charge < -0.3 is 15.8 Å². The molecule has 0 fully saturated rings. The molecule has 0 unspecified atom stereocenters. The van der Waals surface area contributed by atoms with Crippen LogP contribution in [0.15, 0.2) is 65.7 Å². The second-order valence-electron chi connectivity index (χ2n) is 8.07. The summed E-state index contributed by atoms with van der Waals surface area (Å²) in [5, 5.41) is 3.40. The van der Waals surface area contributed by atoms with Crippen LogP contribution in [0.25, 0.3) is 11.3 Å². The molecule has 3 aromatic carbocycles. The van der Waals surface area contributed by atoms with Crippen LogP contribution >= 0.6 is 0 Å². The molecule has 0 aliphatic carbocycles. The number of nitrogens with two attached hydrogens (primary N) is 1. The van der Waals surface area contributed by atoms with Crippen LogP contribution in [0.3, 0.4) is 0 Å². The molecular weight excluding hydrogens is 414 g/mol. The Labute approximate surface area is 190 Å². The van der Waals surface area contributed by atoms with Crippen LogP contribution in [-0.2, 0) is 0 Å². The second kappa shape index (κ2) is 7.23. The quantitative estimate of drug-likeness (QED) is 0.350. The zero-order valence-electron chi connectivity index (χ0n) is 18.1. The molecule has 4 aromatic rings. The number of nitrogen functional groups attached to an aromatic ring is 1. The molecule has 1 aromatic heterocycles. The summed E-state index contributed by atoms with van der Waals surface area (Å²) in [5.41, 5.74) is 19.7. The van der Waals surface area contributed by atoms with E-state index in [4.69, 9.17) is 15.5 Å². The normalized spacial score (nSPS) is 13.0. The lowest BCUT2D eigenvalue weighted by Crippen LogP contribution is -2.20. The number of aryl methyl sites for hydroxylation is 2. The Hall–Kier alpha value is -4.59. The highest BCUT2D eigenvalue weighted by Gasteiger charge is 2.27. The number of nitrogens with one attached hydrogen (secondary N) is 3. The van der Waals surface area contributed by atoms with E-state index in [1.165, 1.54) is 0 Å². The first-order valence-corrected chi connectivity index (χ1v) is 10.6. The summed E-state index contributed by atoms with van der Waals surface area (Å²) in [6, 6.07) is 19.7. The standard InChI is InChI=1S/C25H21N7O/c1-13-6-5-7-14(2)23(13)29-21-12-17(28-25(26)30-21)15-10-18-22-20(11-15)33-19-9-4-3-8-16(19)27-24(22)32-31-18/h3-12H,1-2H3,(H2,27,31,32)(H3,26,28,29,30). The van der Waals surface area contributed by atoms with E-state index in [1.54, 1.807) is 0 Å². The number of hydrogen-bond donors (Lipinski definition) is 4. The van der Waals surface area contributed by atoms with E-state index >= 15 is 0 Å². The molecule has 0 amide bonds. The molecule has 0 spiro atoms. The fourth-order valence-corrected chi connectivity index (χ4v) is 4.15. The molecule has 0 radical (unpaired) electrons. The van der Waals surface area contributed by atoms with E-state index in [-0.39, 0.29) is 5.95 Å². The highest BCUT2D eigenvalue weighted by atomic mass is 16.5. The summed E-state index contributed by atoms with van der Waals surface area (Å²) in [6.45, 7) is 4.12. The third kappa shape index (κ3) is 3.28. The van der Waals surface area contributed by atoms with Crippen molar-refractivity contribution >= 4 is 34.7 Å². The number of benzene rings is 3. The number of rotatable bonds is 3. The van der Waals surface area contributed by atoms with Gasteiger partial charge in [0.1, 0.15) is 17.3 Å². The Kier molecular flexibility index (Phi) is 4.19. The number of amidine groups is 1. The lowest BCUT2D eigenvalue weighted by atomic mass is 10.0. The summed E-state index contributed by atoms with van der Waals surface area (Å²) in [6.07, 6.45) is 0. The first kappa shape index (κ1) is 19.1. The van der Waals surface area contributed by atoms with Crippen LogP contribution in [0.5, 0.6) is 11.5 Å². The van der Waals surface area contributed by atoms with Gasteiger partial charge in [-0.05, 0) is 49.2 Å². The van der Waals surface area contributed by atoms with Gasteiger partial charge >= 0.3 is 0 Å². The Morgan fingerprint density at radius 3 is 2.55 bits per heavy atom. The monoisotopic (exact) mass is 435 g/mol. The van der Waals surface area contributed by atoms with Crippen LogP contribution in [0, 0.1) is 13.8 Å². The van der Waals surface area contributed by atoms with Gasteiger partial charge in [-0.3, -0.25) is 10.9 Å². The lowest BCUT2D eigenvalue weighted by molar-refractivity contribution is 0.485. The Morgan fingerprint density at radius 1 is 0.879 bits per heavy atom. The van der Waals surface area contributed by atoms with Crippen LogP contribution in [0.1, 0.15) is 16.7 Å². The van der Waals surface area contributed by atoms with E-state index in [1.807, 2.05) is 48.5 Å². The number of aromatic nitrogens is 2. The average Bonchev–Trinajstić information content (AvgIpc) is 3.12. The smallest absolute Gasteiger partial charge is 0.222 e. The molecule has 8 heteroatoms. The van der Waals surface area contributed by atoms with Gasteiger partial charge in [0.2, 0.25) is 5.95 Å². The number of anilines is 4. The van der Waals surface area contributed by atoms with Crippen molar-refractivity contribution in [3.8, 4) is 22.8 Å². The van der Waals surface area contributed by atoms with Gasteiger partial charge in [-0.25, -0.2) is 9.98 Å². The van der Waals surface area contributed by atoms with Crippen molar-refractivity contribution in [2.75, 3.05) is 16.5 Å². The fourth-order valence-electron chi connectivity index (χ4n) is 4.15. The molecule has 0 saturated carbocycles. The maximum absolute atomic E-state index is 6.26. The molecule has 162 valence electrons. The SMILES string of the molecule is Cc1cccc(C)c1Nc1cc(-c2cc3c4c(c2)Oc2ccccc2N=C4NN3)nc(N)n1. The minimum Gasteiger partial charge on any atom is -0.454 e. The Balaban J connectivity index is 1.44. The predicted molar refractivity (Wildman–Crippen MR) is 131 cm³/mol. The molecule has 33 heavy (non-hydrogen) atoms.